The SMILES string of the molecule is CCCCCNCc1cc(OC)c2c(c1)OCCO2. The predicted molar refractivity (Wildman–Crippen MR) is 75.2 cm³/mol. The lowest BCUT2D eigenvalue weighted by molar-refractivity contribution is 0.165. The molecule has 1 N–H and O–H groups in total. The minimum absolute atomic E-state index is 0.581. The molecule has 0 saturated carbocycles. The minimum Gasteiger partial charge on any atom is -0.493 e. The van der Waals surface area contributed by atoms with E-state index in [4.69, 9.17) is 14.2 Å². The van der Waals surface area contributed by atoms with E-state index in [1.54, 1.807) is 7.11 Å². The maximum absolute atomic E-state index is 5.62. The number of benzene rings is 1. The number of ether oxygens (including phenoxy) is 3. The van der Waals surface area contributed by atoms with Gasteiger partial charge in [-0.25, -0.2) is 0 Å². The molecule has 0 spiro atoms. The van der Waals surface area contributed by atoms with Gasteiger partial charge in [-0.3, -0.25) is 0 Å². The van der Waals surface area contributed by atoms with Gasteiger partial charge < -0.3 is 19.5 Å². The second kappa shape index (κ2) is 7.24. The standard InChI is InChI=1S/C15H23NO3/c1-3-4-5-6-16-11-12-9-13(17-2)15-14(10-12)18-7-8-19-15/h9-10,16H,3-8,11H2,1-2H3. The molecule has 1 aromatic rings. The molecule has 1 aromatic carbocycles. The van der Waals surface area contributed by atoms with E-state index >= 15 is 0 Å². The number of unbranched alkanes of at least 4 members (excludes halogenated alkanes) is 2. The highest BCUT2D eigenvalue weighted by atomic mass is 16.6. The van der Waals surface area contributed by atoms with E-state index in [9.17, 15) is 0 Å². The fraction of sp³-hybridized carbons (Fsp3) is 0.600. The van der Waals surface area contributed by atoms with Gasteiger partial charge in [0.15, 0.2) is 11.5 Å². The van der Waals surface area contributed by atoms with Crippen molar-refractivity contribution in [2.45, 2.75) is 32.7 Å². The third-order valence-corrected chi connectivity index (χ3v) is 3.17. The lowest BCUT2D eigenvalue weighted by Crippen LogP contribution is -2.18. The average Bonchev–Trinajstić information content (AvgIpc) is 2.46. The van der Waals surface area contributed by atoms with Crippen LogP contribution < -0.4 is 19.5 Å². The van der Waals surface area contributed by atoms with Crippen LogP contribution in [0.3, 0.4) is 0 Å². The zero-order valence-electron chi connectivity index (χ0n) is 11.8. The van der Waals surface area contributed by atoms with Gasteiger partial charge in [0.1, 0.15) is 13.2 Å². The molecule has 1 aliphatic rings. The monoisotopic (exact) mass is 265 g/mol. The van der Waals surface area contributed by atoms with E-state index in [2.05, 4.69) is 12.2 Å². The lowest BCUT2D eigenvalue weighted by atomic mass is 10.1. The van der Waals surface area contributed by atoms with E-state index < -0.39 is 0 Å². The zero-order chi connectivity index (χ0) is 13.5. The summed E-state index contributed by atoms with van der Waals surface area (Å²) in [5.41, 5.74) is 1.16. The van der Waals surface area contributed by atoms with Crippen molar-refractivity contribution < 1.29 is 14.2 Å². The smallest absolute Gasteiger partial charge is 0.203 e. The predicted octanol–water partition coefficient (Wildman–Crippen LogP) is 2.75. The highest BCUT2D eigenvalue weighted by Crippen LogP contribution is 2.40. The molecule has 106 valence electrons. The molecule has 0 radical (unpaired) electrons. The second-order valence-corrected chi connectivity index (χ2v) is 4.71. The molecule has 4 nitrogen and oxygen atoms in total. The molecule has 4 heteroatoms. The summed E-state index contributed by atoms with van der Waals surface area (Å²) in [6.45, 7) is 5.27. The van der Waals surface area contributed by atoms with Gasteiger partial charge in [-0.15, -0.1) is 0 Å². The van der Waals surface area contributed by atoms with E-state index in [0.29, 0.717) is 13.2 Å². The molecule has 0 amide bonds. The molecule has 0 atom stereocenters. The van der Waals surface area contributed by atoms with Crippen LogP contribution >= 0.6 is 0 Å². The Labute approximate surface area is 115 Å². The van der Waals surface area contributed by atoms with Crippen molar-refractivity contribution in [2.75, 3.05) is 26.9 Å². The van der Waals surface area contributed by atoms with Crippen LogP contribution in [0.2, 0.25) is 0 Å². The van der Waals surface area contributed by atoms with Gasteiger partial charge >= 0.3 is 0 Å². The Kier molecular flexibility index (Phi) is 5.33. The summed E-state index contributed by atoms with van der Waals surface area (Å²) in [4.78, 5) is 0. The maximum atomic E-state index is 5.62. The van der Waals surface area contributed by atoms with E-state index in [1.165, 1.54) is 19.3 Å². The van der Waals surface area contributed by atoms with Crippen molar-refractivity contribution in [1.82, 2.24) is 5.32 Å². The van der Waals surface area contributed by atoms with Crippen LogP contribution in [0, 0.1) is 0 Å². The Morgan fingerprint density at radius 3 is 2.84 bits per heavy atom. The van der Waals surface area contributed by atoms with Crippen LogP contribution in [0.15, 0.2) is 12.1 Å². The first kappa shape index (κ1) is 14.0. The summed E-state index contributed by atoms with van der Waals surface area (Å²) < 4.78 is 16.6. The Hall–Kier alpha value is -1.42. The van der Waals surface area contributed by atoms with E-state index in [0.717, 1.165) is 35.9 Å². The molecule has 2 rings (SSSR count). The molecule has 0 saturated heterocycles. The number of hydrogen-bond acceptors (Lipinski definition) is 4. The molecule has 0 bridgehead atoms. The Morgan fingerprint density at radius 1 is 1.21 bits per heavy atom. The van der Waals surface area contributed by atoms with Crippen LogP contribution in [0.5, 0.6) is 17.2 Å². The zero-order valence-corrected chi connectivity index (χ0v) is 11.8. The van der Waals surface area contributed by atoms with E-state index in [-0.39, 0.29) is 0 Å². The number of hydrogen-bond donors (Lipinski definition) is 1. The fourth-order valence-corrected chi connectivity index (χ4v) is 2.16. The molecule has 0 fully saturated rings. The van der Waals surface area contributed by atoms with Gasteiger partial charge in [0, 0.05) is 6.54 Å². The molecule has 0 unspecified atom stereocenters. The van der Waals surface area contributed by atoms with Crippen LogP contribution in [0.1, 0.15) is 31.7 Å². The summed E-state index contributed by atoms with van der Waals surface area (Å²) >= 11 is 0. The Balaban J connectivity index is 1.97. The van der Waals surface area contributed by atoms with Gasteiger partial charge in [-0.05, 0) is 30.7 Å². The number of nitrogens with one attached hydrogen (secondary N) is 1. The van der Waals surface area contributed by atoms with E-state index in [1.807, 2.05) is 12.1 Å². The van der Waals surface area contributed by atoms with Gasteiger partial charge in [-0.2, -0.15) is 0 Å². The summed E-state index contributed by atoms with van der Waals surface area (Å²) in [6, 6.07) is 4.05. The van der Waals surface area contributed by atoms with Crippen LogP contribution in [0.4, 0.5) is 0 Å². The molecule has 0 aliphatic carbocycles. The van der Waals surface area contributed by atoms with Crippen molar-refractivity contribution in [2.24, 2.45) is 0 Å². The van der Waals surface area contributed by atoms with Gasteiger partial charge in [-0.1, -0.05) is 19.8 Å². The highest BCUT2D eigenvalue weighted by molar-refractivity contribution is 5.54. The molecule has 1 aliphatic heterocycles. The Bertz CT molecular complexity index is 389. The number of rotatable bonds is 7. The molecule has 1 heterocycles. The van der Waals surface area contributed by atoms with Crippen molar-refractivity contribution in [1.29, 1.82) is 0 Å². The van der Waals surface area contributed by atoms with Crippen molar-refractivity contribution in [3.05, 3.63) is 17.7 Å². The number of fused-ring (bicyclic) bond motifs is 1. The average molecular weight is 265 g/mol. The summed E-state index contributed by atoms with van der Waals surface area (Å²) in [5, 5.41) is 3.44. The number of methoxy groups -OCH3 is 1. The van der Waals surface area contributed by atoms with Gasteiger partial charge in [0.25, 0.3) is 0 Å². The summed E-state index contributed by atoms with van der Waals surface area (Å²) in [7, 11) is 1.66. The van der Waals surface area contributed by atoms with Crippen LogP contribution in [-0.2, 0) is 6.54 Å². The van der Waals surface area contributed by atoms with Crippen LogP contribution in [-0.4, -0.2) is 26.9 Å². The highest BCUT2D eigenvalue weighted by Gasteiger charge is 2.18. The lowest BCUT2D eigenvalue weighted by Gasteiger charge is -2.21. The molecule has 0 aromatic heterocycles. The largest absolute Gasteiger partial charge is 0.493 e. The first-order valence-corrected chi connectivity index (χ1v) is 7.02. The first-order valence-electron chi connectivity index (χ1n) is 7.02. The Morgan fingerprint density at radius 2 is 2.05 bits per heavy atom. The quantitative estimate of drug-likeness (QED) is 0.770. The topological polar surface area (TPSA) is 39.7 Å². The van der Waals surface area contributed by atoms with Crippen molar-refractivity contribution in [3.63, 3.8) is 0 Å². The molecule has 19 heavy (non-hydrogen) atoms. The van der Waals surface area contributed by atoms with Crippen molar-refractivity contribution in [3.8, 4) is 17.2 Å². The minimum atomic E-state index is 0.581. The fourth-order valence-electron chi connectivity index (χ4n) is 2.16. The molecular formula is C15H23NO3. The summed E-state index contributed by atoms with van der Waals surface area (Å²) in [6.07, 6.45) is 3.75. The van der Waals surface area contributed by atoms with Crippen LogP contribution in [0.25, 0.3) is 0 Å². The second-order valence-electron chi connectivity index (χ2n) is 4.71. The maximum Gasteiger partial charge on any atom is 0.203 e. The molecular weight excluding hydrogens is 242 g/mol. The first-order chi connectivity index (χ1) is 9.35. The summed E-state index contributed by atoms with van der Waals surface area (Å²) in [5.74, 6) is 2.27. The van der Waals surface area contributed by atoms with Crippen molar-refractivity contribution >= 4 is 0 Å². The van der Waals surface area contributed by atoms with Gasteiger partial charge in [0.2, 0.25) is 5.75 Å². The normalized spacial score (nSPS) is 13.4. The third-order valence-electron chi connectivity index (χ3n) is 3.17. The third kappa shape index (κ3) is 3.77. The van der Waals surface area contributed by atoms with Gasteiger partial charge in [0.05, 0.1) is 7.11 Å².